The average Bonchev–Trinajstić information content (AvgIpc) is 2.58. The second kappa shape index (κ2) is 9.15. The Morgan fingerprint density at radius 3 is 2.32 bits per heavy atom. The van der Waals surface area contributed by atoms with Crippen LogP contribution < -0.4 is 4.74 Å². The Morgan fingerprint density at radius 2 is 1.68 bits per heavy atom. The molecular formula is C18H24N2O2. The molecule has 0 saturated carbocycles. The van der Waals surface area contributed by atoms with Gasteiger partial charge in [0.25, 0.3) is 0 Å². The van der Waals surface area contributed by atoms with Crippen molar-refractivity contribution in [3.05, 3.63) is 42.2 Å². The van der Waals surface area contributed by atoms with E-state index in [9.17, 15) is 0 Å². The van der Waals surface area contributed by atoms with Crippen molar-refractivity contribution < 1.29 is 9.47 Å². The number of benzene rings is 1. The van der Waals surface area contributed by atoms with Gasteiger partial charge in [0.05, 0.1) is 6.61 Å². The van der Waals surface area contributed by atoms with E-state index in [0.717, 1.165) is 23.6 Å². The summed E-state index contributed by atoms with van der Waals surface area (Å²) in [6.45, 7) is 6.06. The SMILES string of the molecule is CCCCc1cnc(-c2ccc(OCCOCC)cc2)nc1. The van der Waals surface area contributed by atoms with Crippen LogP contribution in [0, 0.1) is 0 Å². The maximum absolute atomic E-state index is 5.60. The quantitative estimate of drug-likeness (QED) is 0.659. The summed E-state index contributed by atoms with van der Waals surface area (Å²) in [6.07, 6.45) is 7.25. The third-order valence-electron chi connectivity index (χ3n) is 3.34. The van der Waals surface area contributed by atoms with E-state index in [0.29, 0.717) is 19.8 Å². The number of aromatic nitrogens is 2. The molecule has 0 bridgehead atoms. The number of unbranched alkanes of at least 4 members (excludes halogenated alkanes) is 1. The van der Waals surface area contributed by atoms with E-state index in [1.165, 1.54) is 18.4 Å². The monoisotopic (exact) mass is 300 g/mol. The maximum Gasteiger partial charge on any atom is 0.159 e. The van der Waals surface area contributed by atoms with Gasteiger partial charge in [0.1, 0.15) is 12.4 Å². The molecule has 0 atom stereocenters. The third kappa shape index (κ3) is 5.11. The Labute approximate surface area is 132 Å². The molecule has 0 saturated heterocycles. The smallest absolute Gasteiger partial charge is 0.159 e. The summed E-state index contributed by atoms with van der Waals surface area (Å²) < 4.78 is 10.8. The van der Waals surface area contributed by atoms with Gasteiger partial charge in [-0.05, 0) is 49.6 Å². The lowest BCUT2D eigenvalue weighted by Gasteiger charge is -2.07. The van der Waals surface area contributed by atoms with Crippen LogP contribution in [0.2, 0.25) is 0 Å². The molecule has 4 heteroatoms. The zero-order chi connectivity index (χ0) is 15.6. The predicted octanol–water partition coefficient (Wildman–Crippen LogP) is 3.90. The second-order valence-electron chi connectivity index (χ2n) is 5.09. The fraction of sp³-hybridized carbons (Fsp3) is 0.444. The van der Waals surface area contributed by atoms with Gasteiger partial charge in [0, 0.05) is 24.6 Å². The largest absolute Gasteiger partial charge is 0.491 e. The van der Waals surface area contributed by atoms with Crippen molar-refractivity contribution in [1.82, 2.24) is 9.97 Å². The molecule has 0 aliphatic heterocycles. The van der Waals surface area contributed by atoms with E-state index in [4.69, 9.17) is 9.47 Å². The van der Waals surface area contributed by atoms with E-state index < -0.39 is 0 Å². The van der Waals surface area contributed by atoms with Crippen molar-refractivity contribution in [3.8, 4) is 17.1 Å². The van der Waals surface area contributed by atoms with Gasteiger partial charge in [-0.1, -0.05) is 13.3 Å². The van der Waals surface area contributed by atoms with Crippen LogP contribution >= 0.6 is 0 Å². The van der Waals surface area contributed by atoms with Gasteiger partial charge in [0.2, 0.25) is 0 Å². The van der Waals surface area contributed by atoms with E-state index in [1.807, 2.05) is 43.6 Å². The Balaban J connectivity index is 1.92. The number of rotatable bonds is 9. The highest BCUT2D eigenvalue weighted by molar-refractivity contribution is 5.55. The summed E-state index contributed by atoms with van der Waals surface area (Å²) in [4.78, 5) is 8.89. The van der Waals surface area contributed by atoms with Crippen LogP contribution in [0.3, 0.4) is 0 Å². The molecule has 1 aromatic heterocycles. The van der Waals surface area contributed by atoms with E-state index in [2.05, 4.69) is 16.9 Å². The molecule has 0 fully saturated rings. The highest BCUT2D eigenvalue weighted by Crippen LogP contribution is 2.19. The van der Waals surface area contributed by atoms with Crippen molar-refractivity contribution >= 4 is 0 Å². The van der Waals surface area contributed by atoms with Gasteiger partial charge in [-0.15, -0.1) is 0 Å². The first kappa shape index (κ1) is 16.4. The molecule has 118 valence electrons. The normalized spacial score (nSPS) is 10.6. The first-order valence-electron chi connectivity index (χ1n) is 7.95. The zero-order valence-corrected chi connectivity index (χ0v) is 13.4. The summed E-state index contributed by atoms with van der Waals surface area (Å²) in [5.74, 6) is 1.59. The molecular weight excluding hydrogens is 276 g/mol. The van der Waals surface area contributed by atoms with Crippen LogP contribution in [-0.2, 0) is 11.2 Å². The first-order chi connectivity index (χ1) is 10.8. The summed E-state index contributed by atoms with van der Waals surface area (Å²) in [6, 6.07) is 7.85. The standard InChI is InChI=1S/C18H24N2O2/c1-3-5-6-15-13-19-18(20-14-15)16-7-9-17(10-8-16)22-12-11-21-4-2/h7-10,13-14H,3-6,11-12H2,1-2H3. The van der Waals surface area contributed by atoms with Crippen molar-refractivity contribution in [1.29, 1.82) is 0 Å². The molecule has 22 heavy (non-hydrogen) atoms. The number of hydrogen-bond acceptors (Lipinski definition) is 4. The molecule has 0 aliphatic rings. The molecule has 0 N–H and O–H groups in total. The molecule has 2 aromatic rings. The van der Waals surface area contributed by atoms with E-state index in [-0.39, 0.29) is 0 Å². The van der Waals surface area contributed by atoms with Crippen LogP contribution in [0.15, 0.2) is 36.7 Å². The lowest BCUT2D eigenvalue weighted by molar-refractivity contribution is 0.110. The molecule has 1 aromatic carbocycles. The molecule has 0 aliphatic carbocycles. The summed E-state index contributed by atoms with van der Waals surface area (Å²) in [5.41, 5.74) is 2.20. The molecule has 0 radical (unpaired) electrons. The molecule has 2 rings (SSSR count). The van der Waals surface area contributed by atoms with E-state index >= 15 is 0 Å². The third-order valence-corrected chi connectivity index (χ3v) is 3.34. The average molecular weight is 300 g/mol. The maximum atomic E-state index is 5.60. The van der Waals surface area contributed by atoms with Crippen molar-refractivity contribution in [2.75, 3.05) is 19.8 Å². The van der Waals surface area contributed by atoms with Crippen LogP contribution in [0.1, 0.15) is 32.3 Å². The fourth-order valence-corrected chi connectivity index (χ4v) is 2.08. The lowest BCUT2D eigenvalue weighted by Crippen LogP contribution is -2.06. The predicted molar refractivity (Wildman–Crippen MR) is 88.1 cm³/mol. The summed E-state index contributed by atoms with van der Waals surface area (Å²) in [7, 11) is 0. The molecule has 1 heterocycles. The van der Waals surface area contributed by atoms with E-state index in [1.54, 1.807) is 0 Å². The van der Waals surface area contributed by atoms with Gasteiger partial charge in [-0.2, -0.15) is 0 Å². The lowest BCUT2D eigenvalue weighted by atomic mass is 10.1. The Hall–Kier alpha value is -1.94. The Bertz CT molecular complexity index is 538. The summed E-state index contributed by atoms with van der Waals surface area (Å²) in [5, 5.41) is 0. The van der Waals surface area contributed by atoms with Crippen LogP contribution in [0.4, 0.5) is 0 Å². The van der Waals surface area contributed by atoms with Gasteiger partial charge >= 0.3 is 0 Å². The zero-order valence-electron chi connectivity index (χ0n) is 13.4. The Kier molecular flexibility index (Phi) is 6.84. The fourth-order valence-electron chi connectivity index (χ4n) is 2.08. The van der Waals surface area contributed by atoms with Gasteiger partial charge < -0.3 is 9.47 Å². The van der Waals surface area contributed by atoms with Crippen LogP contribution in [0.5, 0.6) is 5.75 Å². The highest BCUT2D eigenvalue weighted by Gasteiger charge is 2.02. The topological polar surface area (TPSA) is 44.2 Å². The number of hydrogen-bond donors (Lipinski definition) is 0. The molecule has 0 unspecified atom stereocenters. The number of nitrogens with zero attached hydrogens (tertiary/aromatic N) is 2. The van der Waals surface area contributed by atoms with Crippen LogP contribution in [0.25, 0.3) is 11.4 Å². The van der Waals surface area contributed by atoms with Crippen LogP contribution in [-0.4, -0.2) is 29.8 Å². The minimum atomic E-state index is 0.565. The molecule has 0 spiro atoms. The minimum absolute atomic E-state index is 0.565. The second-order valence-corrected chi connectivity index (χ2v) is 5.09. The number of aryl methyl sites for hydroxylation is 1. The summed E-state index contributed by atoms with van der Waals surface area (Å²) >= 11 is 0. The minimum Gasteiger partial charge on any atom is -0.491 e. The highest BCUT2D eigenvalue weighted by atomic mass is 16.5. The van der Waals surface area contributed by atoms with Gasteiger partial charge in [0.15, 0.2) is 5.82 Å². The molecule has 0 amide bonds. The van der Waals surface area contributed by atoms with Crippen molar-refractivity contribution in [2.45, 2.75) is 33.1 Å². The first-order valence-corrected chi connectivity index (χ1v) is 7.95. The number of ether oxygens (including phenoxy) is 2. The van der Waals surface area contributed by atoms with Crippen molar-refractivity contribution in [2.24, 2.45) is 0 Å². The van der Waals surface area contributed by atoms with Gasteiger partial charge in [-0.25, -0.2) is 9.97 Å². The van der Waals surface area contributed by atoms with Crippen molar-refractivity contribution in [3.63, 3.8) is 0 Å². The van der Waals surface area contributed by atoms with Gasteiger partial charge in [-0.3, -0.25) is 0 Å². The molecule has 4 nitrogen and oxygen atoms in total. The Morgan fingerprint density at radius 1 is 0.955 bits per heavy atom.